The quantitative estimate of drug-likeness (QED) is 0.328. The normalized spacial score (nSPS) is 25.9. The first-order valence-corrected chi connectivity index (χ1v) is 13.4. The van der Waals surface area contributed by atoms with Gasteiger partial charge in [-0.25, -0.2) is 4.79 Å². The Kier molecular flexibility index (Phi) is 9.45. The summed E-state index contributed by atoms with van der Waals surface area (Å²) >= 11 is 0. The second kappa shape index (κ2) is 11.9. The highest BCUT2D eigenvalue weighted by Gasteiger charge is 2.44. The molecular formula is C29H46O5. The third-order valence-electron chi connectivity index (χ3n) is 8.19. The van der Waals surface area contributed by atoms with Gasteiger partial charge in [-0.15, -0.1) is 0 Å². The van der Waals surface area contributed by atoms with Gasteiger partial charge in [-0.05, 0) is 85.8 Å². The minimum absolute atomic E-state index is 0.0911. The first-order chi connectivity index (χ1) is 16.1. The molecule has 1 fully saturated rings. The first-order valence-electron chi connectivity index (χ1n) is 13.4. The van der Waals surface area contributed by atoms with Crippen molar-refractivity contribution in [3.8, 4) is 5.75 Å². The van der Waals surface area contributed by atoms with Crippen molar-refractivity contribution in [1.29, 1.82) is 0 Å². The van der Waals surface area contributed by atoms with Crippen LogP contribution in [0.4, 0.5) is 0 Å². The Hall–Kier alpha value is -1.59. The van der Waals surface area contributed by atoms with E-state index >= 15 is 0 Å². The number of rotatable bonds is 11. The number of hydrogen-bond donors (Lipinski definition) is 2. The number of carbonyl (C=O) groups is 1. The van der Waals surface area contributed by atoms with Crippen LogP contribution < -0.4 is 4.74 Å². The molecule has 0 aliphatic heterocycles. The van der Waals surface area contributed by atoms with Gasteiger partial charge in [-0.2, -0.15) is 0 Å². The zero-order chi connectivity index (χ0) is 24.9. The molecule has 0 saturated heterocycles. The van der Waals surface area contributed by atoms with Gasteiger partial charge in [0.15, 0.2) is 6.61 Å². The van der Waals surface area contributed by atoms with E-state index in [-0.39, 0.29) is 42.2 Å². The molecule has 0 radical (unpaired) electrons. The molecule has 0 heterocycles. The highest BCUT2D eigenvalue weighted by Crippen LogP contribution is 2.48. The van der Waals surface area contributed by atoms with Crippen LogP contribution in [0.5, 0.6) is 5.75 Å². The largest absolute Gasteiger partial charge is 0.482 e. The molecule has 2 aliphatic carbocycles. The maximum atomic E-state index is 12.3. The summed E-state index contributed by atoms with van der Waals surface area (Å²) < 4.78 is 11.5. The Morgan fingerprint density at radius 2 is 1.94 bits per heavy atom. The Balaban J connectivity index is 1.58. The van der Waals surface area contributed by atoms with Crippen LogP contribution in [0.25, 0.3) is 0 Å². The molecule has 0 bridgehead atoms. The topological polar surface area (TPSA) is 76.0 Å². The number of ether oxygens (including phenoxy) is 2. The van der Waals surface area contributed by atoms with Crippen LogP contribution in [0.2, 0.25) is 0 Å². The summed E-state index contributed by atoms with van der Waals surface area (Å²) in [4.78, 5) is 12.3. The van der Waals surface area contributed by atoms with Crippen LogP contribution in [0, 0.1) is 23.2 Å². The number of unbranched alkanes of at least 4 members (excludes halogenated alkanes) is 2. The van der Waals surface area contributed by atoms with E-state index < -0.39 is 0 Å². The molecule has 0 amide bonds. The Bertz CT molecular complexity index is 798. The monoisotopic (exact) mass is 474 g/mol. The van der Waals surface area contributed by atoms with Gasteiger partial charge in [0.25, 0.3) is 0 Å². The lowest BCUT2D eigenvalue weighted by atomic mass is 9.73. The van der Waals surface area contributed by atoms with E-state index in [9.17, 15) is 15.0 Å². The van der Waals surface area contributed by atoms with Crippen molar-refractivity contribution in [1.82, 2.24) is 0 Å². The number of aliphatic hydroxyl groups excluding tert-OH is 2. The predicted molar refractivity (Wildman–Crippen MR) is 135 cm³/mol. The predicted octanol–water partition coefficient (Wildman–Crippen LogP) is 5.48. The molecule has 2 aliphatic rings. The zero-order valence-corrected chi connectivity index (χ0v) is 21.9. The second-order valence-electron chi connectivity index (χ2n) is 11.7. The average Bonchev–Trinajstić information content (AvgIpc) is 3.08. The summed E-state index contributed by atoms with van der Waals surface area (Å²) in [6, 6.07) is 6.09. The van der Waals surface area contributed by atoms with Crippen molar-refractivity contribution in [3.05, 3.63) is 29.3 Å². The summed E-state index contributed by atoms with van der Waals surface area (Å²) in [5, 5.41) is 21.2. The summed E-state index contributed by atoms with van der Waals surface area (Å²) in [5.74, 6) is 1.53. The minimum atomic E-state index is -0.345. The van der Waals surface area contributed by atoms with Gasteiger partial charge >= 0.3 is 5.97 Å². The molecule has 1 aromatic carbocycles. The van der Waals surface area contributed by atoms with E-state index in [2.05, 4.69) is 13.0 Å². The maximum Gasteiger partial charge on any atom is 0.344 e. The third kappa shape index (κ3) is 6.97. The fourth-order valence-corrected chi connectivity index (χ4v) is 5.64. The number of fused-ring (bicyclic) bond motifs is 2. The van der Waals surface area contributed by atoms with Crippen molar-refractivity contribution >= 4 is 5.97 Å². The van der Waals surface area contributed by atoms with E-state index in [1.807, 2.05) is 39.8 Å². The summed E-state index contributed by atoms with van der Waals surface area (Å²) in [6.07, 6.45) is 7.81. The maximum absolute atomic E-state index is 12.3. The lowest BCUT2D eigenvalue weighted by molar-refractivity contribution is -0.155. The van der Waals surface area contributed by atoms with Gasteiger partial charge in [0, 0.05) is 0 Å². The van der Waals surface area contributed by atoms with Gasteiger partial charge in [-0.3, -0.25) is 0 Å². The molecule has 1 saturated carbocycles. The fourth-order valence-electron chi connectivity index (χ4n) is 5.64. The molecule has 0 aromatic heterocycles. The molecule has 0 unspecified atom stereocenters. The summed E-state index contributed by atoms with van der Waals surface area (Å²) in [7, 11) is 0. The second-order valence-corrected chi connectivity index (χ2v) is 11.7. The fraction of sp³-hybridized carbons (Fsp3) is 0.759. The van der Waals surface area contributed by atoms with Crippen LogP contribution in [0.3, 0.4) is 0 Å². The zero-order valence-electron chi connectivity index (χ0n) is 21.9. The van der Waals surface area contributed by atoms with Crippen LogP contribution in [0.15, 0.2) is 18.2 Å². The lowest BCUT2D eigenvalue weighted by Gasteiger charge is -2.32. The average molecular weight is 475 g/mol. The van der Waals surface area contributed by atoms with Crippen molar-refractivity contribution in [3.63, 3.8) is 0 Å². The van der Waals surface area contributed by atoms with Gasteiger partial charge in [-0.1, -0.05) is 59.1 Å². The smallest absolute Gasteiger partial charge is 0.344 e. The van der Waals surface area contributed by atoms with Crippen LogP contribution >= 0.6 is 0 Å². The lowest BCUT2D eigenvalue weighted by Crippen LogP contribution is -2.31. The minimum Gasteiger partial charge on any atom is -0.482 e. The van der Waals surface area contributed by atoms with Gasteiger partial charge in [0.2, 0.25) is 0 Å². The van der Waals surface area contributed by atoms with Crippen LogP contribution in [-0.2, 0) is 22.4 Å². The summed E-state index contributed by atoms with van der Waals surface area (Å²) in [5.41, 5.74) is 2.33. The number of hydrogen-bond acceptors (Lipinski definition) is 5. The summed E-state index contributed by atoms with van der Waals surface area (Å²) in [6.45, 7) is 10.1. The van der Waals surface area contributed by atoms with Gasteiger partial charge in [0.05, 0.1) is 12.2 Å². The molecule has 3 rings (SSSR count). The van der Waals surface area contributed by atoms with Crippen LogP contribution in [0.1, 0.15) is 90.7 Å². The highest BCUT2D eigenvalue weighted by atomic mass is 16.6. The van der Waals surface area contributed by atoms with E-state index in [0.29, 0.717) is 11.8 Å². The molecule has 1 aromatic rings. The number of esters is 1. The Labute approximate surface area is 206 Å². The Morgan fingerprint density at radius 3 is 2.65 bits per heavy atom. The number of carbonyl (C=O) groups excluding carboxylic acids is 1. The molecular weight excluding hydrogens is 428 g/mol. The van der Waals surface area contributed by atoms with E-state index in [0.717, 1.165) is 50.7 Å². The number of benzene rings is 1. The van der Waals surface area contributed by atoms with Crippen molar-refractivity contribution in [2.75, 3.05) is 6.61 Å². The third-order valence-corrected chi connectivity index (χ3v) is 8.19. The van der Waals surface area contributed by atoms with Crippen molar-refractivity contribution in [2.45, 2.75) is 111 Å². The Morgan fingerprint density at radius 1 is 1.18 bits per heavy atom. The molecule has 192 valence electrons. The van der Waals surface area contributed by atoms with E-state index in [1.54, 1.807) is 0 Å². The SMILES string of the molecule is CCCCC[C@@H](O)CC[C@@H]1[C@H]2Cc3cccc(OCC(=O)O[C@@H](C)C(C)(C)C)c3C[C@H]2C[C@H]1O. The van der Waals surface area contributed by atoms with Gasteiger partial charge < -0.3 is 19.7 Å². The molecule has 2 N–H and O–H groups in total. The number of aliphatic hydroxyl groups is 2. The van der Waals surface area contributed by atoms with Crippen molar-refractivity contribution < 1.29 is 24.5 Å². The van der Waals surface area contributed by atoms with E-state index in [1.165, 1.54) is 24.0 Å². The van der Waals surface area contributed by atoms with Crippen LogP contribution in [-0.4, -0.2) is 41.1 Å². The first kappa shape index (κ1) is 27.0. The molecule has 5 heteroatoms. The standard InChI is InChI=1S/C29H46O5/c1-6-7-8-11-22(30)13-14-23-24-15-20-10-9-12-27(25(20)16-21(24)17-26(23)31)33-18-28(32)34-19(2)29(3,4)5/h9-10,12,19,21-24,26,30-31H,6-8,11,13-18H2,1-5H3/t19-,21-,22+,23+,24-,26+/m0/s1. The molecule has 0 spiro atoms. The molecule has 34 heavy (non-hydrogen) atoms. The van der Waals surface area contributed by atoms with E-state index in [4.69, 9.17) is 9.47 Å². The molecule has 6 atom stereocenters. The van der Waals surface area contributed by atoms with Gasteiger partial charge in [0.1, 0.15) is 11.9 Å². The molecule has 5 nitrogen and oxygen atoms in total. The highest BCUT2D eigenvalue weighted by molar-refractivity contribution is 5.71. The van der Waals surface area contributed by atoms with Crippen molar-refractivity contribution in [2.24, 2.45) is 23.2 Å².